The molecule has 0 saturated heterocycles. The van der Waals surface area contributed by atoms with Gasteiger partial charge in [0.25, 0.3) is 0 Å². The molecule has 0 aliphatic rings. The molecule has 0 bridgehead atoms. The summed E-state index contributed by atoms with van der Waals surface area (Å²) in [5.74, 6) is 0.476. The molecular formula is C13H21NO4S. The first-order chi connectivity index (χ1) is 8.98. The minimum atomic E-state index is -3.56. The van der Waals surface area contributed by atoms with Crippen LogP contribution in [0, 0.1) is 0 Å². The molecule has 0 unspecified atom stereocenters. The predicted octanol–water partition coefficient (Wildman–Crippen LogP) is 1.65. The highest BCUT2D eigenvalue weighted by Crippen LogP contribution is 2.22. The molecule has 0 atom stereocenters. The molecule has 0 heterocycles. The molecule has 0 saturated carbocycles. The number of sulfonamides is 1. The molecule has 1 aromatic rings. The average Bonchev–Trinajstić information content (AvgIpc) is 2.43. The molecule has 0 radical (unpaired) electrons. The molecule has 0 fully saturated rings. The van der Waals surface area contributed by atoms with E-state index in [9.17, 15) is 13.5 Å². The number of methoxy groups -OCH3 is 1. The Balaban J connectivity index is 3.08. The number of hydrogen-bond donors (Lipinski definition) is 2. The van der Waals surface area contributed by atoms with Gasteiger partial charge in [0, 0.05) is 11.6 Å². The Bertz CT molecular complexity index is 509. The Kier molecular flexibility index (Phi) is 5.78. The van der Waals surface area contributed by atoms with Gasteiger partial charge in [0.05, 0.1) is 18.6 Å². The van der Waals surface area contributed by atoms with Crippen molar-refractivity contribution in [2.45, 2.75) is 44.2 Å². The first-order valence-corrected chi connectivity index (χ1v) is 7.76. The second kappa shape index (κ2) is 6.88. The van der Waals surface area contributed by atoms with Crippen LogP contribution in [-0.2, 0) is 16.6 Å². The number of nitrogens with one attached hydrogen (secondary N) is 1. The van der Waals surface area contributed by atoms with Crippen molar-refractivity contribution in [3.63, 3.8) is 0 Å². The Morgan fingerprint density at radius 1 is 1.32 bits per heavy atom. The molecule has 0 aliphatic heterocycles. The topological polar surface area (TPSA) is 75.6 Å². The van der Waals surface area contributed by atoms with Gasteiger partial charge in [0.2, 0.25) is 10.0 Å². The molecule has 0 spiro atoms. The molecule has 0 aromatic heterocycles. The highest BCUT2D eigenvalue weighted by molar-refractivity contribution is 7.89. The number of benzene rings is 1. The van der Waals surface area contributed by atoms with Crippen LogP contribution in [-0.4, -0.2) is 26.7 Å². The summed E-state index contributed by atoms with van der Waals surface area (Å²) in [7, 11) is -2.08. The minimum Gasteiger partial charge on any atom is -0.496 e. The van der Waals surface area contributed by atoms with Crippen LogP contribution in [0.4, 0.5) is 0 Å². The van der Waals surface area contributed by atoms with E-state index < -0.39 is 10.0 Å². The average molecular weight is 287 g/mol. The summed E-state index contributed by atoms with van der Waals surface area (Å²) < 4.78 is 32.1. The lowest BCUT2D eigenvalue weighted by molar-refractivity contribution is 0.273. The maximum Gasteiger partial charge on any atom is 0.240 e. The molecule has 19 heavy (non-hydrogen) atoms. The fraction of sp³-hybridized carbons (Fsp3) is 0.538. The second-order valence-corrected chi connectivity index (χ2v) is 5.98. The normalized spacial score (nSPS) is 11.8. The lowest BCUT2D eigenvalue weighted by atomic mass is 10.2. The summed E-state index contributed by atoms with van der Waals surface area (Å²) in [5, 5.41) is 9.22. The van der Waals surface area contributed by atoms with Crippen LogP contribution in [0.15, 0.2) is 23.1 Å². The largest absolute Gasteiger partial charge is 0.496 e. The number of aliphatic hydroxyl groups excluding tert-OH is 1. The summed E-state index contributed by atoms with van der Waals surface area (Å²) in [6.07, 6.45) is 1.47. The number of rotatable bonds is 7. The Morgan fingerprint density at radius 3 is 2.42 bits per heavy atom. The van der Waals surface area contributed by atoms with E-state index >= 15 is 0 Å². The zero-order valence-electron chi connectivity index (χ0n) is 11.5. The number of aliphatic hydroxyl groups is 1. The van der Waals surface area contributed by atoms with E-state index in [0.717, 1.165) is 12.8 Å². The van der Waals surface area contributed by atoms with Gasteiger partial charge in [-0.2, -0.15) is 0 Å². The van der Waals surface area contributed by atoms with E-state index in [-0.39, 0.29) is 17.5 Å². The molecule has 6 heteroatoms. The van der Waals surface area contributed by atoms with Gasteiger partial charge < -0.3 is 9.84 Å². The van der Waals surface area contributed by atoms with E-state index in [4.69, 9.17) is 4.74 Å². The molecule has 2 N–H and O–H groups in total. The van der Waals surface area contributed by atoms with Gasteiger partial charge in [0.15, 0.2) is 0 Å². The first kappa shape index (κ1) is 15.9. The summed E-state index contributed by atoms with van der Waals surface area (Å²) in [6.45, 7) is 3.60. The molecule has 108 valence electrons. The molecule has 0 amide bonds. The third-order valence-corrected chi connectivity index (χ3v) is 4.56. The van der Waals surface area contributed by atoms with Gasteiger partial charge in [-0.3, -0.25) is 0 Å². The van der Waals surface area contributed by atoms with Crippen LogP contribution >= 0.6 is 0 Å². The van der Waals surface area contributed by atoms with E-state index in [1.807, 2.05) is 13.8 Å². The third-order valence-electron chi connectivity index (χ3n) is 3.04. The van der Waals surface area contributed by atoms with Crippen molar-refractivity contribution in [2.24, 2.45) is 0 Å². The van der Waals surface area contributed by atoms with Crippen LogP contribution in [0.3, 0.4) is 0 Å². The summed E-state index contributed by atoms with van der Waals surface area (Å²) >= 11 is 0. The third kappa shape index (κ3) is 3.92. The van der Waals surface area contributed by atoms with Crippen LogP contribution in [0.25, 0.3) is 0 Å². The van der Waals surface area contributed by atoms with Crippen LogP contribution in [0.2, 0.25) is 0 Å². The van der Waals surface area contributed by atoms with Crippen LogP contribution in [0.1, 0.15) is 32.3 Å². The van der Waals surface area contributed by atoms with Gasteiger partial charge in [-0.25, -0.2) is 13.1 Å². The number of hydrogen-bond acceptors (Lipinski definition) is 4. The van der Waals surface area contributed by atoms with Crippen molar-refractivity contribution >= 4 is 10.0 Å². The highest BCUT2D eigenvalue weighted by atomic mass is 32.2. The minimum absolute atomic E-state index is 0.0790. The lowest BCUT2D eigenvalue weighted by Crippen LogP contribution is -2.33. The van der Waals surface area contributed by atoms with Gasteiger partial charge in [-0.15, -0.1) is 0 Å². The molecule has 0 aliphatic carbocycles. The lowest BCUT2D eigenvalue weighted by Gasteiger charge is -2.16. The zero-order chi connectivity index (χ0) is 14.5. The van der Waals surface area contributed by atoms with Gasteiger partial charge >= 0.3 is 0 Å². The molecular weight excluding hydrogens is 266 g/mol. The van der Waals surface area contributed by atoms with Crippen LogP contribution in [0.5, 0.6) is 5.75 Å². The summed E-state index contributed by atoms with van der Waals surface area (Å²) in [5.41, 5.74) is 0.454. The van der Waals surface area contributed by atoms with Crippen molar-refractivity contribution in [3.05, 3.63) is 23.8 Å². The Hall–Kier alpha value is -1.11. The predicted molar refractivity (Wildman–Crippen MR) is 73.6 cm³/mol. The smallest absolute Gasteiger partial charge is 0.240 e. The van der Waals surface area contributed by atoms with Gasteiger partial charge in [-0.1, -0.05) is 13.8 Å². The van der Waals surface area contributed by atoms with Gasteiger partial charge in [0.1, 0.15) is 5.75 Å². The Labute approximate surface area is 114 Å². The highest BCUT2D eigenvalue weighted by Gasteiger charge is 2.19. The maximum absolute atomic E-state index is 12.2. The second-order valence-electron chi connectivity index (χ2n) is 4.27. The van der Waals surface area contributed by atoms with E-state index in [2.05, 4.69) is 4.72 Å². The zero-order valence-corrected chi connectivity index (χ0v) is 12.3. The van der Waals surface area contributed by atoms with Crippen molar-refractivity contribution in [3.8, 4) is 5.75 Å². The fourth-order valence-corrected chi connectivity index (χ4v) is 3.24. The maximum atomic E-state index is 12.2. The van der Waals surface area contributed by atoms with Gasteiger partial charge in [-0.05, 0) is 31.0 Å². The van der Waals surface area contributed by atoms with E-state index in [1.165, 1.54) is 19.2 Å². The van der Waals surface area contributed by atoms with Crippen molar-refractivity contribution < 1.29 is 18.3 Å². The number of ether oxygens (including phenoxy) is 1. The van der Waals surface area contributed by atoms with Crippen molar-refractivity contribution in [1.29, 1.82) is 0 Å². The summed E-state index contributed by atoms with van der Waals surface area (Å²) in [4.78, 5) is 0.143. The first-order valence-electron chi connectivity index (χ1n) is 6.28. The molecule has 1 aromatic carbocycles. The Morgan fingerprint density at radius 2 is 1.95 bits per heavy atom. The summed E-state index contributed by atoms with van der Waals surface area (Å²) in [6, 6.07) is 4.38. The standard InChI is InChI=1S/C13H21NO4S/c1-4-11(5-2)14-19(16,17)12-6-7-13(18-3)10(8-12)9-15/h6-8,11,14-15H,4-5,9H2,1-3H3. The fourth-order valence-electron chi connectivity index (χ4n) is 1.79. The molecule has 1 rings (SSSR count). The van der Waals surface area contributed by atoms with Crippen molar-refractivity contribution in [2.75, 3.05) is 7.11 Å². The van der Waals surface area contributed by atoms with Crippen molar-refractivity contribution in [1.82, 2.24) is 4.72 Å². The monoisotopic (exact) mass is 287 g/mol. The van der Waals surface area contributed by atoms with E-state index in [0.29, 0.717) is 11.3 Å². The van der Waals surface area contributed by atoms with E-state index in [1.54, 1.807) is 6.07 Å². The van der Waals surface area contributed by atoms with Crippen LogP contribution < -0.4 is 9.46 Å². The SMILES string of the molecule is CCC(CC)NS(=O)(=O)c1ccc(OC)c(CO)c1. The quantitative estimate of drug-likeness (QED) is 0.799. The molecule has 5 nitrogen and oxygen atoms in total.